The fourth-order valence-electron chi connectivity index (χ4n) is 0. The van der Waals surface area contributed by atoms with Crippen LogP contribution in [0, 0.1) is 0 Å². The second kappa shape index (κ2) is 9.92. The molecule has 0 aliphatic carbocycles. The summed E-state index contributed by atoms with van der Waals surface area (Å²) in [4.78, 5) is 14.3. The van der Waals surface area contributed by atoms with Crippen LogP contribution in [0.2, 0.25) is 0 Å². The van der Waals surface area contributed by atoms with Crippen molar-refractivity contribution in [1.29, 1.82) is 0 Å². The topological polar surface area (TPSA) is 57.5 Å². The Balaban J connectivity index is -0.00000000450. The Bertz CT molecular complexity index is 42.0. The maximum atomic E-state index is 8.74. The molecule has 2 N–H and O–H groups in total. The Labute approximate surface area is 93.7 Å². The molecule has 0 aromatic carbocycles. The molecule has 0 bridgehead atoms. The zero-order valence-electron chi connectivity index (χ0n) is 6.51. The van der Waals surface area contributed by atoms with Crippen LogP contribution in [0.15, 0.2) is 0 Å². The van der Waals surface area contributed by atoms with Crippen molar-refractivity contribution in [2.75, 3.05) is 0 Å². The van der Waals surface area contributed by atoms with Crippen LogP contribution in [-0.2, 0) is 4.46 Å². The van der Waals surface area contributed by atoms with E-state index in [-0.39, 0.29) is 72.0 Å². The van der Waals surface area contributed by atoms with Crippen molar-refractivity contribution in [3.63, 3.8) is 0 Å². The van der Waals surface area contributed by atoms with Gasteiger partial charge in [-0.1, -0.05) is 0 Å². The molecule has 0 aromatic heterocycles. The fraction of sp³-hybridized carbons (Fsp3) is 0. The Morgan fingerprint density at radius 1 is 1.50 bits per heavy atom. The van der Waals surface area contributed by atoms with Crippen LogP contribution >= 0.6 is 0 Å². The van der Waals surface area contributed by atoms with Crippen LogP contribution in [0.25, 0.3) is 0 Å². The van der Waals surface area contributed by atoms with Crippen LogP contribution < -0.4 is 18.9 Å². The second-order valence-electron chi connectivity index (χ2n) is 0.283. The predicted octanol–water partition coefficient (Wildman–Crippen LogP) is -4.65. The summed E-state index contributed by atoms with van der Waals surface area (Å²) in [5, 5.41) is 0. The standard InChI is InChI=1S/Ba.Li.H2O3Si.3H/c;;1-4(2)3;;;/h;;1-2H;;;/q+2;+1;;3*-1. The second-order valence-corrected chi connectivity index (χ2v) is 0.848. The van der Waals surface area contributed by atoms with Crippen LogP contribution in [0.5, 0.6) is 0 Å². The molecule has 0 amide bonds. The van der Waals surface area contributed by atoms with Crippen LogP contribution in [0.4, 0.5) is 0 Å². The Morgan fingerprint density at radius 2 is 1.50 bits per heavy atom. The van der Waals surface area contributed by atoms with Crippen molar-refractivity contribution in [3.8, 4) is 0 Å². The maximum absolute atomic E-state index is 8.74. The Morgan fingerprint density at radius 3 is 1.50 bits per heavy atom. The first kappa shape index (κ1) is 15.7. The number of hydrogen-bond donors (Lipinski definition) is 2. The average molecular weight is 225 g/mol. The van der Waals surface area contributed by atoms with Gasteiger partial charge in [-0.2, -0.15) is 0 Å². The number of hydrogen-bond acceptors (Lipinski definition) is 1. The normalized spacial score (nSPS) is 4.00. The molecule has 0 aromatic rings. The van der Waals surface area contributed by atoms with Crippen molar-refractivity contribution in [2.24, 2.45) is 0 Å². The smallest absolute Gasteiger partial charge is 1.00 e. The van der Waals surface area contributed by atoms with Crippen molar-refractivity contribution < 1.29 is 37.2 Å². The van der Waals surface area contributed by atoms with Crippen molar-refractivity contribution in [1.82, 2.24) is 0 Å². The van der Waals surface area contributed by atoms with E-state index in [1.165, 1.54) is 0 Å². The first-order valence-corrected chi connectivity index (χ1v) is 1.95. The Kier molecular flexibility index (Phi) is 25.9. The van der Waals surface area contributed by atoms with Gasteiger partial charge in [-0.05, 0) is 0 Å². The SMILES string of the molecule is O=[Si](O)O.[Ba+2].[H-].[H-].[H-].[Li+]. The van der Waals surface area contributed by atoms with E-state index in [9.17, 15) is 0 Å². The van der Waals surface area contributed by atoms with E-state index in [1.807, 2.05) is 0 Å². The van der Waals surface area contributed by atoms with Gasteiger partial charge >= 0.3 is 76.9 Å². The third-order valence-electron chi connectivity index (χ3n) is 0. The van der Waals surface area contributed by atoms with Gasteiger partial charge in [0.15, 0.2) is 0 Å². The van der Waals surface area contributed by atoms with E-state index in [2.05, 4.69) is 0 Å². The van der Waals surface area contributed by atoms with Crippen molar-refractivity contribution in [3.05, 3.63) is 0 Å². The summed E-state index contributed by atoms with van der Waals surface area (Å²) >= 11 is 0. The summed E-state index contributed by atoms with van der Waals surface area (Å²) in [6.07, 6.45) is 0. The molecule has 0 aliphatic heterocycles. The van der Waals surface area contributed by atoms with Gasteiger partial charge in [0, 0.05) is 0 Å². The molecule has 0 saturated carbocycles. The first-order valence-electron chi connectivity index (χ1n) is 0.651. The van der Waals surface area contributed by atoms with E-state index in [1.54, 1.807) is 0 Å². The van der Waals surface area contributed by atoms with Gasteiger partial charge < -0.3 is 13.9 Å². The van der Waals surface area contributed by atoms with Gasteiger partial charge in [-0.25, -0.2) is 0 Å². The molecule has 0 unspecified atom stereocenters. The van der Waals surface area contributed by atoms with E-state index >= 15 is 0 Å². The molecule has 3 nitrogen and oxygen atoms in total. The minimum absolute atomic E-state index is 0. The zero-order valence-corrected chi connectivity index (χ0v) is 8.95. The minimum Gasteiger partial charge on any atom is -1.00 e. The molecule has 0 atom stereocenters. The molecule has 0 fully saturated rings. The van der Waals surface area contributed by atoms with Gasteiger partial charge in [0.25, 0.3) is 0 Å². The summed E-state index contributed by atoms with van der Waals surface area (Å²) in [5.41, 5.74) is 0. The van der Waals surface area contributed by atoms with E-state index < -0.39 is 9.17 Å². The van der Waals surface area contributed by atoms with Crippen molar-refractivity contribution >= 4 is 58.1 Å². The molecular weight excluding hydrogens is 220 g/mol. The summed E-state index contributed by atoms with van der Waals surface area (Å²) in [7, 11) is -3.13. The van der Waals surface area contributed by atoms with Gasteiger partial charge in [-0.3, -0.25) is 4.46 Å². The molecule has 0 spiro atoms. The first-order chi connectivity index (χ1) is 1.73. The molecule has 6 heteroatoms. The van der Waals surface area contributed by atoms with E-state index in [4.69, 9.17) is 14.1 Å². The molecule has 0 heterocycles. The molecule has 0 saturated heterocycles. The maximum Gasteiger partial charge on any atom is 2.00 e. The Hall–Kier alpha value is 1.79. The summed E-state index contributed by atoms with van der Waals surface area (Å²) in [6, 6.07) is 0. The van der Waals surface area contributed by atoms with Crippen molar-refractivity contribution in [2.45, 2.75) is 0 Å². The van der Waals surface area contributed by atoms with Crippen LogP contribution in [-0.4, -0.2) is 67.6 Å². The van der Waals surface area contributed by atoms with Gasteiger partial charge in [0.05, 0.1) is 0 Å². The fourth-order valence-corrected chi connectivity index (χ4v) is 0. The molecule has 0 radical (unpaired) electrons. The summed E-state index contributed by atoms with van der Waals surface area (Å²) < 4.78 is 8.74. The van der Waals surface area contributed by atoms with E-state index in [0.717, 1.165) is 0 Å². The monoisotopic (exact) mass is 226 g/mol. The zero-order chi connectivity index (χ0) is 3.58. The van der Waals surface area contributed by atoms with Crippen LogP contribution in [0.3, 0.4) is 0 Å². The summed E-state index contributed by atoms with van der Waals surface area (Å²) in [5.74, 6) is 0. The molecule has 0 rings (SSSR count). The minimum atomic E-state index is -3.13. The molecule has 0 aliphatic rings. The molecule has 30 valence electrons. The predicted molar refractivity (Wildman–Crippen MR) is 20.0 cm³/mol. The van der Waals surface area contributed by atoms with Gasteiger partial charge in [-0.15, -0.1) is 0 Å². The van der Waals surface area contributed by atoms with E-state index in [0.29, 0.717) is 0 Å². The average Bonchev–Trinajstić information content (AvgIpc) is 0.811. The van der Waals surface area contributed by atoms with Gasteiger partial charge in [0.2, 0.25) is 0 Å². The molecule has 6 heavy (non-hydrogen) atoms. The third-order valence-corrected chi connectivity index (χ3v) is 0. The van der Waals surface area contributed by atoms with Gasteiger partial charge in [0.1, 0.15) is 0 Å². The number of rotatable bonds is 0. The van der Waals surface area contributed by atoms with Crippen LogP contribution in [0.1, 0.15) is 4.28 Å². The third kappa shape index (κ3) is 41.6. The molecular formula is H5BaLiO3Si. The largest absolute Gasteiger partial charge is 2.00 e. The summed E-state index contributed by atoms with van der Waals surface area (Å²) in [6.45, 7) is 0. The quantitative estimate of drug-likeness (QED) is 0.408.